The first-order valence-corrected chi connectivity index (χ1v) is 5.87. The second-order valence-corrected chi connectivity index (χ2v) is 4.46. The van der Waals surface area contributed by atoms with E-state index in [1.807, 2.05) is 12.1 Å². The fourth-order valence-electron chi connectivity index (χ4n) is 1.36. The van der Waals surface area contributed by atoms with E-state index in [1.165, 1.54) is 12.1 Å². The van der Waals surface area contributed by atoms with Gasteiger partial charge in [-0.1, -0.05) is 12.1 Å². The van der Waals surface area contributed by atoms with Gasteiger partial charge in [-0.3, -0.25) is 0 Å². The molecule has 17 heavy (non-hydrogen) atoms. The number of benzene rings is 2. The van der Waals surface area contributed by atoms with Crippen LogP contribution in [0.3, 0.4) is 0 Å². The van der Waals surface area contributed by atoms with Crippen LogP contribution in [0, 0.1) is 5.82 Å². The molecular weight excluding hydrogens is 285 g/mol. The summed E-state index contributed by atoms with van der Waals surface area (Å²) in [5.41, 5.74) is 7.27. The van der Waals surface area contributed by atoms with Gasteiger partial charge in [0.1, 0.15) is 18.2 Å². The van der Waals surface area contributed by atoms with Gasteiger partial charge in [0, 0.05) is 11.8 Å². The Labute approximate surface area is 107 Å². The molecule has 0 radical (unpaired) electrons. The lowest BCUT2D eigenvalue weighted by Crippen LogP contribution is -1.97. The fourth-order valence-corrected chi connectivity index (χ4v) is 1.72. The maximum atomic E-state index is 13.0. The molecule has 4 heteroatoms. The predicted molar refractivity (Wildman–Crippen MR) is 69.3 cm³/mol. The van der Waals surface area contributed by atoms with Crippen LogP contribution in [0.15, 0.2) is 46.9 Å². The molecule has 0 aliphatic heterocycles. The summed E-state index contributed by atoms with van der Waals surface area (Å²) >= 11 is 3.30. The van der Waals surface area contributed by atoms with E-state index in [0.29, 0.717) is 18.0 Å². The number of halogens is 2. The van der Waals surface area contributed by atoms with Crippen LogP contribution in [0.5, 0.6) is 5.75 Å². The zero-order valence-corrected chi connectivity index (χ0v) is 10.6. The van der Waals surface area contributed by atoms with Gasteiger partial charge in [0.2, 0.25) is 0 Å². The van der Waals surface area contributed by atoms with Crippen molar-refractivity contribution in [1.29, 1.82) is 0 Å². The summed E-state index contributed by atoms with van der Waals surface area (Å²) in [6, 6.07) is 11.7. The first-order chi connectivity index (χ1) is 8.15. The molecular formula is C13H11BrFNO. The van der Waals surface area contributed by atoms with E-state index in [9.17, 15) is 4.39 Å². The second kappa shape index (κ2) is 5.19. The molecule has 88 valence electrons. The zero-order valence-electron chi connectivity index (χ0n) is 8.99. The number of hydrogen-bond donors (Lipinski definition) is 1. The summed E-state index contributed by atoms with van der Waals surface area (Å²) in [4.78, 5) is 0. The molecule has 2 nitrogen and oxygen atoms in total. The van der Waals surface area contributed by atoms with Crippen molar-refractivity contribution in [2.45, 2.75) is 6.61 Å². The highest BCUT2D eigenvalue weighted by atomic mass is 79.9. The quantitative estimate of drug-likeness (QED) is 0.875. The van der Waals surface area contributed by atoms with E-state index in [-0.39, 0.29) is 5.82 Å². The smallest absolute Gasteiger partial charge is 0.136 e. The zero-order chi connectivity index (χ0) is 12.3. The summed E-state index contributed by atoms with van der Waals surface area (Å²) in [5, 5.41) is 0. The Morgan fingerprint density at radius 1 is 1.12 bits per heavy atom. The molecule has 0 fully saturated rings. The van der Waals surface area contributed by atoms with Gasteiger partial charge < -0.3 is 10.5 Å². The third-order valence-electron chi connectivity index (χ3n) is 2.27. The molecule has 0 aromatic heterocycles. The molecule has 2 aromatic rings. The number of anilines is 1. The lowest BCUT2D eigenvalue weighted by Gasteiger charge is -2.08. The molecule has 0 spiro atoms. The van der Waals surface area contributed by atoms with Gasteiger partial charge in [-0.05, 0) is 45.8 Å². The van der Waals surface area contributed by atoms with Gasteiger partial charge in [-0.2, -0.15) is 0 Å². The third-order valence-corrected chi connectivity index (χ3v) is 2.92. The average molecular weight is 296 g/mol. The SMILES string of the molecule is Nc1ccc(COc2cc(F)ccc2Br)cc1. The Bertz CT molecular complexity index is 513. The maximum absolute atomic E-state index is 13.0. The molecule has 2 rings (SSSR count). The van der Waals surface area contributed by atoms with E-state index in [0.717, 1.165) is 10.0 Å². The summed E-state index contributed by atoms with van der Waals surface area (Å²) in [7, 11) is 0. The Morgan fingerprint density at radius 3 is 2.53 bits per heavy atom. The summed E-state index contributed by atoms with van der Waals surface area (Å²) < 4.78 is 19.3. The normalized spacial score (nSPS) is 10.2. The minimum atomic E-state index is -0.319. The van der Waals surface area contributed by atoms with Gasteiger partial charge in [0.15, 0.2) is 0 Å². The van der Waals surface area contributed by atoms with E-state index in [4.69, 9.17) is 10.5 Å². The molecule has 0 amide bonds. The van der Waals surface area contributed by atoms with Crippen molar-refractivity contribution >= 4 is 21.6 Å². The molecule has 2 aromatic carbocycles. The lowest BCUT2D eigenvalue weighted by atomic mass is 10.2. The Balaban J connectivity index is 2.07. The van der Waals surface area contributed by atoms with Crippen LogP contribution in [0.2, 0.25) is 0 Å². The number of nitrogen functional groups attached to an aromatic ring is 1. The van der Waals surface area contributed by atoms with Gasteiger partial charge in [-0.15, -0.1) is 0 Å². The first kappa shape index (κ1) is 11.9. The Morgan fingerprint density at radius 2 is 1.82 bits per heavy atom. The van der Waals surface area contributed by atoms with Crippen molar-refractivity contribution in [3.63, 3.8) is 0 Å². The standard InChI is InChI=1S/C13H11BrFNO/c14-12-6-3-10(15)7-13(12)17-8-9-1-4-11(16)5-2-9/h1-7H,8,16H2. The van der Waals surface area contributed by atoms with Crippen LogP contribution in [-0.4, -0.2) is 0 Å². The average Bonchev–Trinajstić information content (AvgIpc) is 2.32. The van der Waals surface area contributed by atoms with E-state index >= 15 is 0 Å². The minimum absolute atomic E-state index is 0.319. The molecule has 0 unspecified atom stereocenters. The lowest BCUT2D eigenvalue weighted by molar-refractivity contribution is 0.302. The van der Waals surface area contributed by atoms with Gasteiger partial charge >= 0.3 is 0 Å². The monoisotopic (exact) mass is 295 g/mol. The molecule has 0 atom stereocenters. The van der Waals surface area contributed by atoms with Crippen LogP contribution in [0.25, 0.3) is 0 Å². The molecule has 2 N–H and O–H groups in total. The van der Waals surface area contributed by atoms with Crippen LogP contribution >= 0.6 is 15.9 Å². The topological polar surface area (TPSA) is 35.2 Å². The molecule has 0 saturated carbocycles. The number of nitrogens with two attached hydrogens (primary N) is 1. The molecule has 0 bridgehead atoms. The van der Waals surface area contributed by atoms with Crippen LogP contribution in [-0.2, 0) is 6.61 Å². The molecule has 0 aliphatic carbocycles. The molecule has 0 heterocycles. The Kier molecular flexibility index (Phi) is 3.64. The predicted octanol–water partition coefficient (Wildman–Crippen LogP) is 3.75. The first-order valence-electron chi connectivity index (χ1n) is 5.07. The van der Waals surface area contributed by atoms with Crippen LogP contribution < -0.4 is 10.5 Å². The second-order valence-electron chi connectivity index (χ2n) is 3.61. The van der Waals surface area contributed by atoms with Gasteiger partial charge in [-0.25, -0.2) is 4.39 Å². The summed E-state index contributed by atoms with van der Waals surface area (Å²) in [5.74, 6) is 0.169. The highest BCUT2D eigenvalue weighted by Gasteiger charge is 2.03. The van der Waals surface area contributed by atoms with Crippen molar-refractivity contribution in [1.82, 2.24) is 0 Å². The fraction of sp³-hybridized carbons (Fsp3) is 0.0769. The largest absolute Gasteiger partial charge is 0.488 e. The van der Waals surface area contributed by atoms with Crippen molar-refractivity contribution in [3.8, 4) is 5.75 Å². The summed E-state index contributed by atoms with van der Waals surface area (Å²) in [6.45, 7) is 0.377. The number of rotatable bonds is 3. The van der Waals surface area contributed by atoms with E-state index in [2.05, 4.69) is 15.9 Å². The van der Waals surface area contributed by atoms with Crippen LogP contribution in [0.4, 0.5) is 10.1 Å². The number of hydrogen-bond acceptors (Lipinski definition) is 2. The highest BCUT2D eigenvalue weighted by molar-refractivity contribution is 9.10. The number of ether oxygens (including phenoxy) is 1. The maximum Gasteiger partial charge on any atom is 0.136 e. The van der Waals surface area contributed by atoms with Gasteiger partial charge in [0.25, 0.3) is 0 Å². The van der Waals surface area contributed by atoms with Crippen LogP contribution in [0.1, 0.15) is 5.56 Å². The molecule has 0 saturated heterocycles. The van der Waals surface area contributed by atoms with Crippen molar-refractivity contribution in [2.75, 3.05) is 5.73 Å². The highest BCUT2D eigenvalue weighted by Crippen LogP contribution is 2.26. The van der Waals surface area contributed by atoms with Crippen molar-refractivity contribution < 1.29 is 9.13 Å². The summed E-state index contributed by atoms with van der Waals surface area (Å²) in [6.07, 6.45) is 0. The van der Waals surface area contributed by atoms with Gasteiger partial charge in [0.05, 0.1) is 4.47 Å². The van der Waals surface area contributed by atoms with Crippen molar-refractivity contribution in [2.24, 2.45) is 0 Å². The van der Waals surface area contributed by atoms with E-state index < -0.39 is 0 Å². The Hall–Kier alpha value is -1.55. The van der Waals surface area contributed by atoms with Crippen molar-refractivity contribution in [3.05, 3.63) is 58.3 Å². The third kappa shape index (κ3) is 3.20. The molecule has 0 aliphatic rings. The minimum Gasteiger partial charge on any atom is -0.488 e. The van der Waals surface area contributed by atoms with E-state index in [1.54, 1.807) is 18.2 Å².